The maximum Gasteiger partial charge on any atom is 0.207 e. The van der Waals surface area contributed by atoms with E-state index in [2.05, 4.69) is 12.2 Å². The Balaban J connectivity index is 2.82. The fraction of sp³-hybridized carbons (Fsp3) is 0.800. The lowest BCUT2D eigenvalue weighted by Crippen LogP contribution is -2.23. The van der Waals surface area contributed by atoms with Crippen LogP contribution in [0.2, 0.25) is 0 Å². The topological polar surface area (TPSA) is 64.0 Å². The maximum atomic E-state index is 6.68. The lowest BCUT2D eigenvalue weighted by molar-refractivity contribution is 0.741. The van der Waals surface area contributed by atoms with Gasteiger partial charge in [-0.15, -0.1) is 0 Å². The molecule has 0 spiro atoms. The summed E-state index contributed by atoms with van der Waals surface area (Å²) in [7, 11) is 0. The van der Waals surface area contributed by atoms with Crippen molar-refractivity contribution in [2.45, 2.75) is 19.8 Å². The molecule has 0 aliphatic heterocycles. The highest BCUT2D eigenvalue weighted by Gasteiger charge is 1.85. The number of nitrogens with zero attached hydrogens (tertiary/aromatic N) is 1. The molecule has 3 nitrogen and oxygen atoms in total. The van der Waals surface area contributed by atoms with Crippen LogP contribution in [0, 0.1) is 5.41 Å². The van der Waals surface area contributed by atoms with E-state index in [0.29, 0.717) is 6.54 Å². The zero-order valence-electron chi connectivity index (χ0n) is 5.15. The fourth-order valence-corrected chi connectivity index (χ4v) is 0.358. The van der Waals surface area contributed by atoms with E-state index in [1.165, 1.54) is 0 Å². The molecule has 0 aromatic rings. The second-order valence-electron chi connectivity index (χ2n) is 1.62. The first kappa shape index (κ1) is 7.27. The van der Waals surface area contributed by atoms with Crippen molar-refractivity contribution < 1.29 is 0 Å². The number of nitrogens with two attached hydrogens (primary N) is 1. The zero-order chi connectivity index (χ0) is 6.41. The Morgan fingerprint density at radius 2 is 2.38 bits per heavy atom. The molecule has 0 bridgehead atoms. The first-order valence-electron chi connectivity index (χ1n) is 2.79. The molecule has 0 atom stereocenters. The molecular weight excluding hydrogens is 102 g/mol. The van der Waals surface area contributed by atoms with E-state index in [9.17, 15) is 0 Å². The van der Waals surface area contributed by atoms with Crippen molar-refractivity contribution in [1.82, 2.24) is 5.32 Å². The van der Waals surface area contributed by atoms with E-state index in [-0.39, 0.29) is 5.96 Å². The molecule has 0 unspecified atom stereocenters. The maximum absolute atomic E-state index is 6.68. The molecule has 0 fully saturated rings. The lowest BCUT2D eigenvalue weighted by Gasteiger charge is -1.95. The highest BCUT2D eigenvalue weighted by molar-refractivity contribution is 5.73. The fourth-order valence-electron chi connectivity index (χ4n) is 0.358. The number of nitrogens with one attached hydrogen (secondary N) is 1. The zero-order valence-corrected chi connectivity index (χ0v) is 5.15. The molecule has 1 radical (unpaired) electrons. The summed E-state index contributed by atoms with van der Waals surface area (Å²) in [5.74, 6) is -0.0570. The minimum absolute atomic E-state index is 0.0570. The molecule has 0 aromatic carbocycles. The number of rotatable bonds is 3. The highest BCUT2D eigenvalue weighted by atomic mass is 15.0. The average Bonchev–Trinajstić information content (AvgIpc) is 1.66. The van der Waals surface area contributed by atoms with Crippen LogP contribution in [0.1, 0.15) is 19.8 Å². The predicted octanol–water partition coefficient (Wildman–Crippen LogP) is 0.284. The van der Waals surface area contributed by atoms with Crippen LogP contribution in [0.15, 0.2) is 0 Å². The second-order valence-corrected chi connectivity index (χ2v) is 1.62. The van der Waals surface area contributed by atoms with Crippen molar-refractivity contribution in [2.24, 2.45) is 5.73 Å². The van der Waals surface area contributed by atoms with E-state index in [1.54, 1.807) is 0 Å². The van der Waals surface area contributed by atoms with E-state index in [4.69, 9.17) is 11.1 Å². The Labute approximate surface area is 49.8 Å². The van der Waals surface area contributed by atoms with Crippen molar-refractivity contribution in [1.29, 1.82) is 5.41 Å². The summed E-state index contributed by atoms with van der Waals surface area (Å²) in [6.07, 6.45) is 2.14. The first-order chi connectivity index (χ1) is 3.77. The number of hydrogen-bond donors (Lipinski definition) is 2. The summed E-state index contributed by atoms with van der Waals surface area (Å²) in [4.78, 5) is 0. The van der Waals surface area contributed by atoms with E-state index >= 15 is 0 Å². The molecule has 8 heavy (non-hydrogen) atoms. The van der Waals surface area contributed by atoms with Gasteiger partial charge in [-0.25, -0.2) is 0 Å². The van der Waals surface area contributed by atoms with Gasteiger partial charge in [0.1, 0.15) is 0 Å². The minimum atomic E-state index is -0.0570. The molecule has 3 heteroatoms. The van der Waals surface area contributed by atoms with Gasteiger partial charge in [0.15, 0.2) is 0 Å². The standard InChI is InChI=1S/C5H12N3/c1-2-3-4-8-5(6)7/h2-4H2,1H3,(H3,6,7). The molecule has 0 saturated carbocycles. The molecule has 0 rings (SSSR count). The van der Waals surface area contributed by atoms with E-state index < -0.39 is 0 Å². The van der Waals surface area contributed by atoms with Gasteiger partial charge in [0.2, 0.25) is 5.96 Å². The van der Waals surface area contributed by atoms with Crippen molar-refractivity contribution >= 4 is 5.96 Å². The Morgan fingerprint density at radius 3 is 2.75 bits per heavy atom. The molecule has 47 valence electrons. The second kappa shape index (κ2) is 4.43. The van der Waals surface area contributed by atoms with Crippen LogP contribution in [-0.4, -0.2) is 12.5 Å². The molecular formula is C5H12N3. The molecule has 0 aliphatic carbocycles. The molecule has 3 N–H and O–H groups in total. The van der Waals surface area contributed by atoms with Crippen LogP contribution in [0.3, 0.4) is 0 Å². The van der Waals surface area contributed by atoms with Crippen molar-refractivity contribution in [2.75, 3.05) is 6.54 Å². The van der Waals surface area contributed by atoms with Gasteiger partial charge in [0, 0.05) is 6.54 Å². The Hall–Kier alpha value is -0.730. The van der Waals surface area contributed by atoms with Gasteiger partial charge in [0.05, 0.1) is 0 Å². The van der Waals surface area contributed by atoms with Gasteiger partial charge < -0.3 is 5.73 Å². The van der Waals surface area contributed by atoms with Crippen LogP contribution in [0.25, 0.3) is 0 Å². The van der Waals surface area contributed by atoms with Crippen LogP contribution in [0.5, 0.6) is 0 Å². The van der Waals surface area contributed by atoms with Crippen LogP contribution in [0.4, 0.5) is 0 Å². The van der Waals surface area contributed by atoms with Crippen molar-refractivity contribution in [3.63, 3.8) is 0 Å². The van der Waals surface area contributed by atoms with Crippen molar-refractivity contribution in [3.05, 3.63) is 0 Å². The van der Waals surface area contributed by atoms with Gasteiger partial charge in [-0.05, 0) is 6.42 Å². The number of hydrogen-bond acceptors (Lipinski definition) is 1. The van der Waals surface area contributed by atoms with Gasteiger partial charge in [-0.1, -0.05) is 13.3 Å². The number of unbranched alkanes of at least 4 members (excludes halogenated alkanes) is 1. The SMILES string of the molecule is CCCC[N]C(=N)N. The van der Waals surface area contributed by atoms with E-state index in [1.807, 2.05) is 0 Å². The van der Waals surface area contributed by atoms with Crippen molar-refractivity contribution in [3.8, 4) is 0 Å². The Kier molecular flexibility index (Phi) is 4.03. The van der Waals surface area contributed by atoms with Gasteiger partial charge in [-0.2, -0.15) is 0 Å². The first-order valence-corrected chi connectivity index (χ1v) is 2.79. The third kappa shape index (κ3) is 5.27. The summed E-state index contributed by atoms with van der Waals surface area (Å²) in [5, 5.41) is 10.4. The van der Waals surface area contributed by atoms with Crippen LogP contribution >= 0.6 is 0 Å². The Bertz CT molecular complexity index is 70.1. The smallest absolute Gasteiger partial charge is 0.207 e. The van der Waals surface area contributed by atoms with Crippen LogP contribution < -0.4 is 11.1 Å². The third-order valence-corrected chi connectivity index (χ3v) is 0.794. The summed E-state index contributed by atoms with van der Waals surface area (Å²) in [6.45, 7) is 2.78. The molecule has 0 heterocycles. The minimum Gasteiger partial charge on any atom is -0.369 e. The molecule has 0 saturated heterocycles. The van der Waals surface area contributed by atoms with Gasteiger partial charge in [0.25, 0.3) is 0 Å². The Morgan fingerprint density at radius 1 is 1.75 bits per heavy atom. The largest absolute Gasteiger partial charge is 0.369 e. The monoisotopic (exact) mass is 114 g/mol. The molecule has 0 aromatic heterocycles. The quantitative estimate of drug-likeness (QED) is 0.309. The summed E-state index contributed by atoms with van der Waals surface area (Å²) in [5.41, 5.74) is 4.95. The third-order valence-electron chi connectivity index (χ3n) is 0.794. The molecule has 0 aliphatic rings. The highest BCUT2D eigenvalue weighted by Crippen LogP contribution is 1.81. The number of guanidine groups is 1. The summed E-state index contributed by atoms with van der Waals surface area (Å²) < 4.78 is 0. The van der Waals surface area contributed by atoms with E-state index in [0.717, 1.165) is 12.8 Å². The summed E-state index contributed by atoms with van der Waals surface area (Å²) in [6, 6.07) is 0. The lowest BCUT2D eigenvalue weighted by atomic mass is 10.3. The van der Waals surface area contributed by atoms with Gasteiger partial charge >= 0.3 is 0 Å². The molecule has 0 amide bonds. The average molecular weight is 114 g/mol. The normalized spacial score (nSPS) is 8.62. The summed E-state index contributed by atoms with van der Waals surface area (Å²) >= 11 is 0. The predicted molar refractivity (Wildman–Crippen MR) is 33.8 cm³/mol. The van der Waals surface area contributed by atoms with Crippen LogP contribution in [-0.2, 0) is 0 Å². The van der Waals surface area contributed by atoms with Gasteiger partial charge in [-0.3, -0.25) is 10.7 Å².